The average Bonchev–Trinajstić information content (AvgIpc) is 3.38. The third kappa shape index (κ3) is 3.91. The number of benzene rings is 2. The number of para-hydroxylation sites is 1. The van der Waals surface area contributed by atoms with Gasteiger partial charge in [0.2, 0.25) is 0 Å². The minimum atomic E-state index is -1.02. The quantitative estimate of drug-likeness (QED) is 0.367. The molecule has 1 amide bonds. The molecule has 0 radical (unpaired) electrons. The van der Waals surface area contributed by atoms with Gasteiger partial charge in [-0.05, 0) is 37.3 Å². The Kier molecular flexibility index (Phi) is 5.26. The molecular formula is C23H19NO6. The summed E-state index contributed by atoms with van der Waals surface area (Å²) in [5.41, 5.74) is 1.77. The summed E-state index contributed by atoms with van der Waals surface area (Å²) in [4.78, 5) is 24.5. The van der Waals surface area contributed by atoms with Crippen LogP contribution in [0, 0.1) is 0 Å². The molecule has 0 saturated carbocycles. The molecule has 0 bridgehead atoms. The number of ether oxygens (including phenoxy) is 2. The van der Waals surface area contributed by atoms with Crippen LogP contribution >= 0.6 is 0 Å². The molecule has 4 rings (SSSR count). The molecule has 7 nitrogen and oxygen atoms in total. The van der Waals surface area contributed by atoms with E-state index in [0.717, 1.165) is 16.4 Å². The van der Waals surface area contributed by atoms with Crippen LogP contribution in [0.15, 0.2) is 69.7 Å². The van der Waals surface area contributed by atoms with Gasteiger partial charge in [-0.15, -0.1) is 0 Å². The smallest absolute Gasteiger partial charge is 0.331 e. The van der Waals surface area contributed by atoms with Crippen molar-refractivity contribution in [3.05, 3.63) is 66.6 Å². The van der Waals surface area contributed by atoms with Crippen molar-refractivity contribution in [2.75, 3.05) is 12.4 Å². The number of carbonyl (C=O) groups is 2. The molecule has 4 aromatic rings. The average molecular weight is 405 g/mol. The number of carbonyl (C=O) groups excluding carboxylic acids is 2. The fraction of sp³-hybridized carbons (Fsp3) is 0.130. The first kappa shape index (κ1) is 19.3. The van der Waals surface area contributed by atoms with E-state index in [-0.39, 0.29) is 0 Å². The van der Waals surface area contributed by atoms with Gasteiger partial charge in [-0.25, -0.2) is 4.79 Å². The second kappa shape index (κ2) is 8.16. The number of esters is 1. The number of hydrogen-bond acceptors (Lipinski definition) is 6. The summed E-state index contributed by atoms with van der Waals surface area (Å²) in [6.07, 6.45) is 3.14. The van der Waals surface area contributed by atoms with E-state index in [2.05, 4.69) is 5.32 Å². The molecular weight excluding hydrogens is 386 g/mol. The lowest BCUT2D eigenvalue weighted by molar-refractivity contribution is -0.148. The number of furan rings is 2. The van der Waals surface area contributed by atoms with Crippen molar-refractivity contribution in [3.63, 3.8) is 0 Å². The maximum Gasteiger partial charge on any atom is 0.331 e. The van der Waals surface area contributed by atoms with E-state index in [1.54, 1.807) is 24.3 Å². The minimum absolute atomic E-state index is 0.420. The zero-order chi connectivity index (χ0) is 21.1. The van der Waals surface area contributed by atoms with Gasteiger partial charge < -0.3 is 23.6 Å². The largest absolute Gasteiger partial charge is 0.495 e. The fourth-order valence-electron chi connectivity index (χ4n) is 3.06. The number of rotatable bonds is 6. The highest BCUT2D eigenvalue weighted by Crippen LogP contribution is 2.36. The number of nitrogens with one attached hydrogen (secondary N) is 1. The minimum Gasteiger partial charge on any atom is -0.495 e. The standard InChI is InChI=1S/C23H19NO6/c1-14(29-22(25)10-9-15-6-5-11-28-15)23(26)24-18-13-20-17(12-21(18)27-2)16-7-3-4-8-19(16)30-20/h3-14H,1-2H3,(H,24,26). The second-order valence-corrected chi connectivity index (χ2v) is 6.56. The lowest BCUT2D eigenvalue weighted by atomic mass is 10.1. The molecule has 30 heavy (non-hydrogen) atoms. The van der Waals surface area contributed by atoms with Gasteiger partial charge in [-0.2, -0.15) is 0 Å². The fourth-order valence-corrected chi connectivity index (χ4v) is 3.06. The van der Waals surface area contributed by atoms with Crippen LogP contribution < -0.4 is 10.1 Å². The Morgan fingerprint density at radius 2 is 1.90 bits per heavy atom. The molecule has 152 valence electrons. The number of fused-ring (bicyclic) bond motifs is 3. The van der Waals surface area contributed by atoms with Crippen molar-refractivity contribution in [1.82, 2.24) is 0 Å². The topological polar surface area (TPSA) is 90.9 Å². The van der Waals surface area contributed by atoms with E-state index in [9.17, 15) is 9.59 Å². The van der Waals surface area contributed by atoms with Crippen LogP contribution in [0.25, 0.3) is 28.0 Å². The van der Waals surface area contributed by atoms with E-state index < -0.39 is 18.0 Å². The summed E-state index contributed by atoms with van der Waals surface area (Å²) in [7, 11) is 1.52. The molecule has 0 saturated heterocycles. The summed E-state index contributed by atoms with van der Waals surface area (Å²) in [6, 6.07) is 14.5. The van der Waals surface area contributed by atoms with Gasteiger partial charge in [0.25, 0.3) is 5.91 Å². The van der Waals surface area contributed by atoms with Crippen LogP contribution in [-0.2, 0) is 14.3 Å². The third-order valence-corrected chi connectivity index (χ3v) is 4.55. The second-order valence-electron chi connectivity index (χ2n) is 6.56. The Morgan fingerprint density at radius 3 is 2.67 bits per heavy atom. The maximum absolute atomic E-state index is 12.5. The van der Waals surface area contributed by atoms with Crippen LogP contribution in [0.3, 0.4) is 0 Å². The van der Waals surface area contributed by atoms with Crippen LogP contribution in [0.5, 0.6) is 5.75 Å². The monoisotopic (exact) mass is 405 g/mol. The molecule has 1 N–H and O–H groups in total. The molecule has 1 unspecified atom stereocenters. The molecule has 2 aromatic carbocycles. The van der Waals surface area contributed by atoms with Crippen LogP contribution in [0.1, 0.15) is 12.7 Å². The highest BCUT2D eigenvalue weighted by atomic mass is 16.5. The molecule has 0 aliphatic carbocycles. The number of methoxy groups -OCH3 is 1. The lowest BCUT2D eigenvalue weighted by Gasteiger charge is -2.14. The Labute approximate surface area is 171 Å². The normalized spacial score (nSPS) is 12.3. The zero-order valence-corrected chi connectivity index (χ0v) is 16.4. The predicted octanol–water partition coefficient (Wildman–Crippen LogP) is 4.77. The molecule has 2 aromatic heterocycles. The number of amides is 1. The maximum atomic E-state index is 12.5. The Morgan fingerprint density at radius 1 is 1.07 bits per heavy atom. The first-order valence-corrected chi connectivity index (χ1v) is 9.27. The van der Waals surface area contributed by atoms with Crippen LogP contribution in [0.2, 0.25) is 0 Å². The van der Waals surface area contributed by atoms with E-state index in [4.69, 9.17) is 18.3 Å². The number of hydrogen-bond donors (Lipinski definition) is 1. The first-order valence-electron chi connectivity index (χ1n) is 9.27. The van der Waals surface area contributed by atoms with E-state index in [1.807, 2.05) is 24.3 Å². The molecule has 0 fully saturated rings. The van der Waals surface area contributed by atoms with Crippen molar-refractivity contribution in [3.8, 4) is 5.75 Å². The summed E-state index contributed by atoms with van der Waals surface area (Å²) in [5, 5.41) is 4.56. The third-order valence-electron chi connectivity index (χ3n) is 4.55. The Balaban J connectivity index is 1.50. The molecule has 0 aliphatic rings. The van der Waals surface area contributed by atoms with Crippen molar-refractivity contribution >= 4 is 45.6 Å². The van der Waals surface area contributed by atoms with Crippen molar-refractivity contribution in [1.29, 1.82) is 0 Å². The van der Waals surface area contributed by atoms with E-state index >= 15 is 0 Å². The summed E-state index contributed by atoms with van der Waals surface area (Å²) in [5.74, 6) is -0.177. The molecule has 0 spiro atoms. The Bertz CT molecular complexity index is 1240. The number of anilines is 1. The molecule has 0 aliphatic heterocycles. The van der Waals surface area contributed by atoms with E-state index in [1.165, 1.54) is 32.4 Å². The van der Waals surface area contributed by atoms with Gasteiger partial charge in [0.1, 0.15) is 22.7 Å². The molecule has 7 heteroatoms. The molecule has 1 atom stereocenters. The van der Waals surface area contributed by atoms with Crippen molar-refractivity contribution in [2.24, 2.45) is 0 Å². The summed E-state index contributed by atoms with van der Waals surface area (Å²) in [6.45, 7) is 1.49. The highest BCUT2D eigenvalue weighted by Gasteiger charge is 2.20. The Hall–Kier alpha value is -4.00. The molecule has 2 heterocycles. The van der Waals surface area contributed by atoms with Gasteiger partial charge in [0.15, 0.2) is 6.10 Å². The predicted molar refractivity (Wildman–Crippen MR) is 112 cm³/mol. The van der Waals surface area contributed by atoms with Crippen LogP contribution in [0.4, 0.5) is 5.69 Å². The van der Waals surface area contributed by atoms with Gasteiger partial charge in [-0.3, -0.25) is 4.79 Å². The zero-order valence-electron chi connectivity index (χ0n) is 16.4. The van der Waals surface area contributed by atoms with Gasteiger partial charge in [0, 0.05) is 22.9 Å². The first-order chi connectivity index (χ1) is 14.5. The summed E-state index contributed by atoms with van der Waals surface area (Å²) >= 11 is 0. The van der Waals surface area contributed by atoms with E-state index in [0.29, 0.717) is 22.8 Å². The van der Waals surface area contributed by atoms with Gasteiger partial charge in [-0.1, -0.05) is 18.2 Å². The lowest BCUT2D eigenvalue weighted by Crippen LogP contribution is -2.29. The highest BCUT2D eigenvalue weighted by molar-refractivity contribution is 6.08. The summed E-state index contributed by atoms with van der Waals surface area (Å²) < 4.78 is 21.5. The van der Waals surface area contributed by atoms with Crippen molar-refractivity contribution < 1.29 is 27.9 Å². The van der Waals surface area contributed by atoms with Gasteiger partial charge >= 0.3 is 5.97 Å². The van der Waals surface area contributed by atoms with Crippen LogP contribution in [-0.4, -0.2) is 25.1 Å². The SMILES string of the molecule is COc1cc2c(cc1NC(=O)C(C)OC(=O)C=Cc1ccco1)oc1ccccc12. The van der Waals surface area contributed by atoms with Gasteiger partial charge in [0.05, 0.1) is 19.1 Å². The van der Waals surface area contributed by atoms with Crippen molar-refractivity contribution in [2.45, 2.75) is 13.0 Å².